The lowest BCUT2D eigenvalue weighted by Gasteiger charge is -2.40. The molecule has 4 N–H and O–H groups in total. The van der Waals surface area contributed by atoms with Crippen molar-refractivity contribution < 1.29 is 38.1 Å². The Balaban J connectivity index is 0.803. The van der Waals surface area contributed by atoms with Gasteiger partial charge in [0.15, 0.2) is 0 Å². The van der Waals surface area contributed by atoms with E-state index in [1.54, 1.807) is 0 Å². The zero-order valence-corrected chi connectivity index (χ0v) is 40.7. The molecule has 4 aromatic rings. The molecule has 6 fully saturated rings. The van der Waals surface area contributed by atoms with E-state index in [-0.39, 0.29) is 71.7 Å². The highest BCUT2D eigenvalue weighted by atomic mass is 16.5. The first-order valence-corrected chi connectivity index (χ1v) is 25.3. The number of nitrogens with one attached hydrogen (secondary N) is 4. The maximum absolute atomic E-state index is 14.6. The maximum Gasteiger partial charge on any atom is 0.407 e. The van der Waals surface area contributed by atoms with Gasteiger partial charge in [-0.05, 0) is 145 Å². The van der Waals surface area contributed by atoms with Crippen molar-refractivity contribution in [3.05, 3.63) is 72.6 Å². The summed E-state index contributed by atoms with van der Waals surface area (Å²) in [5.41, 5.74) is 5.61. The smallest absolute Gasteiger partial charge is 0.407 e. The average Bonchev–Trinajstić information content (AvgIpc) is 4.05. The number of ether oxygens (including phenoxy) is 4. The number of benzene rings is 2. The normalized spacial score (nSPS) is 29.3. The van der Waals surface area contributed by atoms with Crippen LogP contribution in [0.1, 0.15) is 128 Å². The van der Waals surface area contributed by atoms with Gasteiger partial charge in [-0.3, -0.25) is 9.59 Å². The number of aromatic nitrogens is 4. The molecule has 1 spiro atoms. The lowest BCUT2D eigenvalue weighted by atomic mass is 9.83. The van der Waals surface area contributed by atoms with Crippen molar-refractivity contribution in [1.82, 2.24) is 40.4 Å². The predicted molar refractivity (Wildman–Crippen MR) is 257 cm³/mol. The first kappa shape index (κ1) is 47.0. The summed E-state index contributed by atoms with van der Waals surface area (Å²) in [4.78, 5) is 75.0. The molecule has 4 saturated heterocycles. The fourth-order valence-corrected chi connectivity index (χ4v) is 12.2. The molecule has 2 aromatic carbocycles. The number of alkyl carbamates (subject to hydrolysis) is 2. The molecule has 0 unspecified atom stereocenters. The van der Waals surface area contributed by atoms with E-state index in [0.717, 1.165) is 109 Å². The number of likely N-dealkylation sites (tertiary alicyclic amines) is 2. The van der Waals surface area contributed by atoms with Crippen molar-refractivity contribution in [3.63, 3.8) is 0 Å². The van der Waals surface area contributed by atoms with Crippen LogP contribution in [0.15, 0.2) is 60.9 Å². The molecule has 4 aliphatic heterocycles. The van der Waals surface area contributed by atoms with Crippen molar-refractivity contribution >= 4 is 24.0 Å². The first-order valence-electron chi connectivity index (χ1n) is 25.3. The quantitative estimate of drug-likeness (QED) is 0.107. The van der Waals surface area contributed by atoms with E-state index in [0.29, 0.717) is 18.8 Å². The van der Waals surface area contributed by atoms with Gasteiger partial charge in [-0.1, -0.05) is 48.5 Å². The number of carbonyl (C=O) groups excluding carboxylic acids is 4. The number of aromatic amines is 2. The number of carbonyl (C=O) groups is 4. The van der Waals surface area contributed by atoms with Crippen LogP contribution >= 0.6 is 0 Å². The Morgan fingerprint density at radius 3 is 1.57 bits per heavy atom. The van der Waals surface area contributed by atoms with Gasteiger partial charge in [-0.2, -0.15) is 0 Å². The van der Waals surface area contributed by atoms with Crippen molar-refractivity contribution in [3.8, 4) is 33.6 Å². The predicted octanol–water partition coefficient (Wildman–Crippen LogP) is 8.63. The second kappa shape index (κ2) is 19.2. The molecule has 2 aliphatic carbocycles. The number of hydrogen-bond acceptors (Lipinski definition) is 10. The van der Waals surface area contributed by atoms with Crippen molar-refractivity contribution in [1.29, 1.82) is 0 Å². The fourth-order valence-electron chi connectivity index (χ4n) is 12.2. The highest BCUT2D eigenvalue weighted by Gasteiger charge is 2.54. The van der Waals surface area contributed by atoms with E-state index in [1.165, 1.54) is 14.2 Å². The van der Waals surface area contributed by atoms with Gasteiger partial charge in [-0.25, -0.2) is 19.6 Å². The van der Waals surface area contributed by atoms with Crippen molar-refractivity contribution in [2.24, 2.45) is 17.8 Å². The van der Waals surface area contributed by atoms with Gasteiger partial charge >= 0.3 is 12.2 Å². The SMILES string of the molecule is COC(=O)N[C@H](C(=O)N1[C@@H](C)CC[C@H]1c1ncc(-c2ccc(-c3ccc(-c4cnc([C@@H]5CC[C@H](C)N5C(=O)[C@@H](NC(=O)OC)[C@@H]5C[C@@H](C)OC6(CC6)C5)[nH]4)cc3)cc2)[nH]1)[C@@H]1C[C@@H](C)O[C@H](C2CC2)C1. The van der Waals surface area contributed by atoms with Gasteiger partial charge in [0.2, 0.25) is 11.8 Å². The molecule has 2 saturated carbocycles. The molecule has 10 rings (SSSR count). The minimum atomic E-state index is -0.719. The molecular weight excluding hydrogens is 877 g/mol. The van der Waals surface area contributed by atoms with Gasteiger partial charge in [0, 0.05) is 12.1 Å². The van der Waals surface area contributed by atoms with Crippen LogP contribution in [0.2, 0.25) is 0 Å². The fraction of sp³-hybridized carbons (Fsp3) is 0.585. The maximum atomic E-state index is 14.6. The molecule has 6 heterocycles. The van der Waals surface area contributed by atoms with Crippen molar-refractivity contribution in [2.45, 2.75) is 165 Å². The Kier molecular flexibility index (Phi) is 13.1. The average molecular weight is 945 g/mol. The molecule has 0 radical (unpaired) electrons. The zero-order chi connectivity index (χ0) is 48.1. The summed E-state index contributed by atoms with van der Waals surface area (Å²) in [5, 5.41) is 5.86. The zero-order valence-electron chi connectivity index (χ0n) is 40.7. The van der Waals surface area contributed by atoms with E-state index in [9.17, 15) is 19.2 Å². The highest BCUT2D eigenvalue weighted by molar-refractivity contribution is 5.88. The van der Waals surface area contributed by atoms with Gasteiger partial charge < -0.3 is 49.3 Å². The minimum absolute atomic E-state index is 0.00467. The lowest BCUT2D eigenvalue weighted by Crippen LogP contribution is -2.56. The Morgan fingerprint density at radius 2 is 1.10 bits per heavy atom. The molecule has 368 valence electrons. The standard InChI is InChI=1S/C53H68N8O8/c1-29-7-19-42(60(29)49(62)45(58-51(64)66-5)38-23-31(3)68-44(25-38)37-17-18-37)47-54-27-40(56-47)35-13-9-33(10-14-35)34-11-15-36(16-12-34)41-28-55-48(57-41)43-20-8-30(2)61(43)50(63)46(59-52(65)67-6)39-24-32(4)69-53(26-39)21-22-53/h9-16,27-32,37-39,42-46H,7-8,17-26H2,1-6H3,(H,54,56)(H,55,57)(H,58,64)(H,59,65)/t29-,30-,31+,32+,38+,39+,42-,43-,44-,45-,46-/m0/s1. The second-order valence-corrected chi connectivity index (χ2v) is 21.0. The van der Waals surface area contributed by atoms with E-state index in [4.69, 9.17) is 28.9 Å². The van der Waals surface area contributed by atoms with Crippen LogP contribution in [0.5, 0.6) is 0 Å². The molecule has 0 bridgehead atoms. The molecule has 6 aliphatic rings. The summed E-state index contributed by atoms with van der Waals surface area (Å²) < 4.78 is 22.6. The van der Waals surface area contributed by atoms with Crippen molar-refractivity contribution in [2.75, 3.05) is 14.2 Å². The van der Waals surface area contributed by atoms with Crippen LogP contribution < -0.4 is 10.6 Å². The molecule has 4 amide bonds. The third kappa shape index (κ3) is 9.75. The Morgan fingerprint density at radius 1 is 0.638 bits per heavy atom. The van der Waals surface area contributed by atoms with Gasteiger partial charge in [0.25, 0.3) is 0 Å². The van der Waals surface area contributed by atoms with E-state index in [1.807, 2.05) is 22.2 Å². The summed E-state index contributed by atoms with van der Waals surface area (Å²) in [6, 6.07) is 14.7. The summed E-state index contributed by atoms with van der Waals surface area (Å²) in [7, 11) is 2.66. The molecule has 69 heavy (non-hydrogen) atoms. The number of H-pyrrole nitrogens is 2. The Labute approximate surface area is 404 Å². The third-order valence-corrected chi connectivity index (χ3v) is 16.0. The molecule has 2 aromatic heterocycles. The van der Waals surface area contributed by atoms with E-state index < -0.39 is 24.3 Å². The van der Waals surface area contributed by atoms with E-state index >= 15 is 0 Å². The Bertz CT molecular complexity index is 2500. The van der Waals surface area contributed by atoms with Crippen LogP contribution in [0, 0.1) is 17.8 Å². The van der Waals surface area contributed by atoms with Crippen LogP contribution in [0.3, 0.4) is 0 Å². The summed E-state index contributed by atoms with van der Waals surface area (Å²) in [6.07, 6.45) is 12.9. The topological polar surface area (TPSA) is 193 Å². The summed E-state index contributed by atoms with van der Waals surface area (Å²) in [6.45, 7) is 8.26. The summed E-state index contributed by atoms with van der Waals surface area (Å²) in [5.74, 6) is 1.67. The largest absolute Gasteiger partial charge is 0.453 e. The number of hydrogen-bond donors (Lipinski definition) is 4. The first-order chi connectivity index (χ1) is 33.3. The van der Waals surface area contributed by atoms with Crippen LogP contribution in [-0.2, 0) is 28.5 Å². The van der Waals surface area contributed by atoms with Crippen LogP contribution in [0.4, 0.5) is 9.59 Å². The minimum Gasteiger partial charge on any atom is -0.453 e. The molecule has 11 atom stereocenters. The van der Waals surface area contributed by atoms with Crippen LogP contribution in [-0.4, -0.2) is 116 Å². The van der Waals surface area contributed by atoms with E-state index in [2.05, 4.69) is 96.8 Å². The number of imidazole rings is 2. The van der Waals surface area contributed by atoms with Gasteiger partial charge in [0.1, 0.15) is 23.7 Å². The summed E-state index contributed by atoms with van der Waals surface area (Å²) >= 11 is 0. The third-order valence-electron chi connectivity index (χ3n) is 16.0. The lowest BCUT2D eigenvalue weighted by molar-refractivity contribution is -0.142. The van der Waals surface area contributed by atoms with Crippen LogP contribution in [0.25, 0.3) is 33.6 Å². The Hall–Kier alpha value is -5.74. The molecular formula is C53H68N8O8. The van der Waals surface area contributed by atoms with Gasteiger partial charge in [-0.15, -0.1) is 0 Å². The van der Waals surface area contributed by atoms with Gasteiger partial charge in [0.05, 0.1) is 74.0 Å². The number of methoxy groups -OCH3 is 2. The molecule has 16 nitrogen and oxygen atoms in total. The number of rotatable bonds is 12. The monoisotopic (exact) mass is 945 g/mol. The number of amides is 4. The molecule has 16 heteroatoms. The number of nitrogens with zero attached hydrogens (tertiary/aromatic N) is 4. The highest BCUT2D eigenvalue weighted by Crippen LogP contribution is 2.51. The second-order valence-electron chi connectivity index (χ2n) is 21.0.